The molecule has 2 aliphatic rings. The molecule has 154 valence electrons. The van der Waals surface area contributed by atoms with Gasteiger partial charge in [0.05, 0.1) is 25.2 Å². The molecule has 1 atom stereocenters. The Kier molecular flexibility index (Phi) is 6.30. The van der Waals surface area contributed by atoms with E-state index < -0.39 is 23.1 Å². The molecule has 28 heavy (non-hydrogen) atoms. The molecule has 2 heterocycles. The van der Waals surface area contributed by atoms with Gasteiger partial charge in [-0.25, -0.2) is 8.78 Å². The topological polar surface area (TPSA) is 59.1 Å². The molecule has 2 aliphatic heterocycles. The molecule has 0 radical (unpaired) electrons. The highest BCUT2D eigenvalue weighted by atomic mass is 19.2. The van der Waals surface area contributed by atoms with Crippen molar-refractivity contribution in [1.82, 2.24) is 9.80 Å². The predicted octanol–water partition coefficient (Wildman–Crippen LogP) is 1.97. The maximum atomic E-state index is 13.5. The minimum atomic E-state index is -0.861. The van der Waals surface area contributed by atoms with Gasteiger partial charge in [-0.15, -0.1) is 0 Å². The Balaban J connectivity index is 1.74. The molecule has 0 saturated carbocycles. The third-order valence-corrected chi connectivity index (χ3v) is 5.98. The Hall–Kier alpha value is -2.06. The van der Waals surface area contributed by atoms with Crippen molar-refractivity contribution in [3.05, 3.63) is 35.4 Å². The smallest absolute Gasteiger partial charge is 0.311 e. The van der Waals surface area contributed by atoms with Crippen LogP contribution >= 0.6 is 0 Å². The second kappa shape index (κ2) is 8.53. The van der Waals surface area contributed by atoms with Crippen molar-refractivity contribution in [2.24, 2.45) is 5.92 Å². The van der Waals surface area contributed by atoms with Crippen LogP contribution in [0, 0.1) is 17.6 Å². The molecular formula is C20H26F2N2O4. The van der Waals surface area contributed by atoms with Crippen molar-refractivity contribution in [2.75, 3.05) is 40.5 Å². The Morgan fingerprint density at radius 1 is 1.21 bits per heavy atom. The second-order valence-electron chi connectivity index (χ2n) is 7.45. The Labute approximate surface area is 163 Å². The number of piperidine rings is 1. The molecule has 1 aromatic rings. The highest BCUT2D eigenvalue weighted by molar-refractivity contribution is 5.89. The van der Waals surface area contributed by atoms with Gasteiger partial charge in [-0.2, -0.15) is 0 Å². The maximum Gasteiger partial charge on any atom is 0.311 e. The van der Waals surface area contributed by atoms with E-state index in [0.717, 1.165) is 6.07 Å². The van der Waals surface area contributed by atoms with Gasteiger partial charge in [0.1, 0.15) is 0 Å². The van der Waals surface area contributed by atoms with Crippen LogP contribution in [0.3, 0.4) is 0 Å². The van der Waals surface area contributed by atoms with Crippen LogP contribution in [-0.4, -0.2) is 67.7 Å². The van der Waals surface area contributed by atoms with Crippen LogP contribution in [0.2, 0.25) is 0 Å². The summed E-state index contributed by atoms with van der Waals surface area (Å²) in [5, 5.41) is 0. The first-order valence-corrected chi connectivity index (χ1v) is 9.45. The average Bonchev–Trinajstić information content (AvgIpc) is 2.95. The Morgan fingerprint density at radius 3 is 2.54 bits per heavy atom. The van der Waals surface area contributed by atoms with Gasteiger partial charge in [0, 0.05) is 39.7 Å². The predicted molar refractivity (Wildman–Crippen MR) is 97.3 cm³/mol. The second-order valence-corrected chi connectivity index (χ2v) is 7.45. The summed E-state index contributed by atoms with van der Waals surface area (Å²) in [6.07, 6.45) is 1.39. The van der Waals surface area contributed by atoms with E-state index in [2.05, 4.69) is 4.90 Å². The standard InChI is InChI=1S/C20H26F2N2O4/c1-27-10-9-24-18(25)12-15(19(26)28-2)20(24)5-7-23(8-6-20)13-14-3-4-16(21)17(22)11-14/h3-4,11,15H,5-10,12-13H2,1-2H3. The van der Waals surface area contributed by atoms with Crippen molar-refractivity contribution in [3.63, 3.8) is 0 Å². The van der Waals surface area contributed by atoms with Gasteiger partial charge in [-0.05, 0) is 30.5 Å². The summed E-state index contributed by atoms with van der Waals surface area (Å²) in [6.45, 7) is 2.61. The highest BCUT2D eigenvalue weighted by Gasteiger charge is 2.56. The molecule has 0 N–H and O–H groups in total. The zero-order valence-electron chi connectivity index (χ0n) is 16.2. The molecule has 0 bridgehead atoms. The zero-order chi connectivity index (χ0) is 20.3. The van der Waals surface area contributed by atoms with Crippen molar-refractivity contribution in [2.45, 2.75) is 31.3 Å². The molecule has 0 aliphatic carbocycles. The van der Waals surface area contributed by atoms with E-state index in [1.807, 2.05) is 0 Å². The SMILES string of the molecule is COCCN1C(=O)CC(C(=O)OC)C12CCN(Cc1ccc(F)c(F)c1)CC2. The van der Waals surface area contributed by atoms with Crippen LogP contribution in [0.25, 0.3) is 0 Å². The molecule has 1 unspecified atom stereocenters. The van der Waals surface area contributed by atoms with Gasteiger partial charge in [0.15, 0.2) is 11.6 Å². The number of rotatable bonds is 6. The third kappa shape index (κ3) is 3.89. The average molecular weight is 396 g/mol. The summed E-state index contributed by atoms with van der Waals surface area (Å²) in [7, 11) is 2.92. The molecule has 1 aromatic carbocycles. The van der Waals surface area contributed by atoms with E-state index in [-0.39, 0.29) is 18.3 Å². The molecule has 2 fully saturated rings. The summed E-state index contributed by atoms with van der Waals surface area (Å²) in [5.41, 5.74) is 0.117. The lowest BCUT2D eigenvalue weighted by molar-refractivity contribution is -0.150. The highest BCUT2D eigenvalue weighted by Crippen LogP contribution is 2.44. The van der Waals surface area contributed by atoms with Crippen molar-refractivity contribution in [3.8, 4) is 0 Å². The number of carbonyl (C=O) groups is 2. The van der Waals surface area contributed by atoms with Gasteiger partial charge < -0.3 is 14.4 Å². The largest absolute Gasteiger partial charge is 0.469 e. The van der Waals surface area contributed by atoms with Crippen LogP contribution < -0.4 is 0 Å². The van der Waals surface area contributed by atoms with E-state index in [1.165, 1.54) is 13.2 Å². The van der Waals surface area contributed by atoms with Gasteiger partial charge in [0.25, 0.3) is 0 Å². The van der Waals surface area contributed by atoms with Crippen molar-refractivity contribution in [1.29, 1.82) is 0 Å². The van der Waals surface area contributed by atoms with Crippen LogP contribution in [0.4, 0.5) is 8.78 Å². The van der Waals surface area contributed by atoms with E-state index in [9.17, 15) is 18.4 Å². The minimum absolute atomic E-state index is 0.0542. The maximum absolute atomic E-state index is 13.5. The minimum Gasteiger partial charge on any atom is -0.469 e. The fourth-order valence-corrected chi connectivity index (χ4v) is 4.50. The number of ether oxygens (including phenoxy) is 2. The van der Waals surface area contributed by atoms with Gasteiger partial charge >= 0.3 is 5.97 Å². The lowest BCUT2D eigenvalue weighted by Crippen LogP contribution is -2.58. The summed E-state index contributed by atoms with van der Waals surface area (Å²) >= 11 is 0. The number of likely N-dealkylation sites (tertiary alicyclic amines) is 2. The van der Waals surface area contributed by atoms with Gasteiger partial charge in [-0.1, -0.05) is 6.07 Å². The molecular weight excluding hydrogens is 370 g/mol. The lowest BCUT2D eigenvalue weighted by atomic mass is 9.76. The molecule has 1 spiro atoms. The van der Waals surface area contributed by atoms with E-state index >= 15 is 0 Å². The summed E-state index contributed by atoms with van der Waals surface area (Å²) < 4.78 is 36.7. The molecule has 8 heteroatoms. The van der Waals surface area contributed by atoms with E-state index in [4.69, 9.17) is 9.47 Å². The molecule has 0 aromatic heterocycles. The first kappa shape index (κ1) is 20.7. The van der Waals surface area contributed by atoms with E-state index in [0.29, 0.717) is 51.2 Å². The number of carbonyl (C=O) groups excluding carboxylic acids is 2. The quantitative estimate of drug-likeness (QED) is 0.688. The number of esters is 1. The Morgan fingerprint density at radius 2 is 1.93 bits per heavy atom. The van der Waals surface area contributed by atoms with Crippen molar-refractivity contribution >= 4 is 11.9 Å². The lowest BCUT2D eigenvalue weighted by Gasteiger charge is -2.47. The van der Waals surface area contributed by atoms with Crippen LogP contribution in [0.5, 0.6) is 0 Å². The fourth-order valence-electron chi connectivity index (χ4n) is 4.50. The summed E-state index contributed by atoms with van der Waals surface area (Å²) in [5.74, 6) is -2.62. The number of methoxy groups -OCH3 is 2. The van der Waals surface area contributed by atoms with Crippen LogP contribution in [-0.2, 0) is 25.6 Å². The monoisotopic (exact) mass is 396 g/mol. The van der Waals surface area contributed by atoms with Gasteiger partial charge in [-0.3, -0.25) is 14.5 Å². The molecule has 6 nitrogen and oxygen atoms in total. The number of amides is 1. The number of halogens is 2. The van der Waals surface area contributed by atoms with Crippen LogP contribution in [0.1, 0.15) is 24.8 Å². The molecule has 2 saturated heterocycles. The Bertz CT molecular complexity index is 735. The first-order chi connectivity index (χ1) is 13.4. The fraction of sp³-hybridized carbons (Fsp3) is 0.600. The first-order valence-electron chi connectivity index (χ1n) is 9.45. The normalized spacial score (nSPS) is 22.1. The van der Waals surface area contributed by atoms with Crippen LogP contribution in [0.15, 0.2) is 18.2 Å². The van der Waals surface area contributed by atoms with Gasteiger partial charge in [0.2, 0.25) is 5.91 Å². The number of hydrogen-bond acceptors (Lipinski definition) is 5. The number of nitrogens with zero attached hydrogens (tertiary/aromatic N) is 2. The number of benzene rings is 1. The summed E-state index contributed by atoms with van der Waals surface area (Å²) in [4.78, 5) is 28.9. The molecule has 3 rings (SSSR count). The summed E-state index contributed by atoms with van der Waals surface area (Å²) in [6, 6.07) is 3.91. The third-order valence-electron chi connectivity index (χ3n) is 5.98. The number of hydrogen-bond donors (Lipinski definition) is 0. The van der Waals surface area contributed by atoms with E-state index in [1.54, 1.807) is 18.1 Å². The zero-order valence-corrected chi connectivity index (χ0v) is 16.2. The van der Waals surface area contributed by atoms with Crippen molar-refractivity contribution < 1.29 is 27.8 Å². The molecule has 1 amide bonds.